The Morgan fingerprint density at radius 1 is 1.92 bits per heavy atom. The minimum atomic E-state index is -1.01. The van der Waals surface area contributed by atoms with E-state index in [1.807, 2.05) is 0 Å². The van der Waals surface area contributed by atoms with Crippen LogP contribution in [0.5, 0.6) is 0 Å². The van der Waals surface area contributed by atoms with Gasteiger partial charge in [-0.25, -0.2) is 4.79 Å². The second kappa shape index (κ2) is 3.18. The summed E-state index contributed by atoms with van der Waals surface area (Å²) in [5.41, 5.74) is 4.99. The lowest BCUT2D eigenvalue weighted by atomic mass is 10.3. The third-order valence-electron chi connectivity index (χ3n) is 1.09. The zero-order valence-electron chi connectivity index (χ0n) is 6.34. The number of hydrogen-bond donors (Lipinski definition) is 2. The van der Waals surface area contributed by atoms with E-state index in [-0.39, 0.29) is 0 Å². The van der Waals surface area contributed by atoms with Gasteiger partial charge in [0.05, 0.1) is 12.3 Å². The lowest BCUT2D eigenvalue weighted by Crippen LogP contribution is -2.27. The summed E-state index contributed by atoms with van der Waals surface area (Å²) >= 11 is 0. The van der Waals surface area contributed by atoms with E-state index in [0.29, 0.717) is 10.7 Å². The number of carbonyl (C=O) groups excluding carboxylic acids is 1. The zero-order chi connectivity index (χ0) is 9.14. The Morgan fingerprint density at radius 2 is 2.58 bits per heavy atom. The maximum atomic E-state index is 10.2. The number of rotatable bonds is 2. The van der Waals surface area contributed by atoms with Gasteiger partial charge >= 0.3 is 6.09 Å². The largest absolute Gasteiger partial charge is 0.432 e. The van der Waals surface area contributed by atoms with E-state index < -0.39 is 12.2 Å². The van der Waals surface area contributed by atoms with Crippen molar-refractivity contribution >= 4 is 6.09 Å². The molecule has 1 unspecified atom stereocenters. The number of aliphatic hydroxyl groups is 1. The van der Waals surface area contributed by atoms with Crippen molar-refractivity contribution in [2.24, 2.45) is 5.73 Å². The van der Waals surface area contributed by atoms with Gasteiger partial charge < -0.3 is 10.8 Å². The van der Waals surface area contributed by atoms with E-state index in [9.17, 15) is 4.79 Å². The van der Waals surface area contributed by atoms with Crippen molar-refractivity contribution < 1.29 is 14.7 Å². The van der Waals surface area contributed by atoms with Crippen LogP contribution in [0.1, 0.15) is 18.7 Å². The van der Waals surface area contributed by atoms with Crippen LogP contribution in [0.4, 0.5) is 4.79 Å². The Hall–Kier alpha value is -1.63. The molecule has 1 rings (SSSR count). The van der Waals surface area contributed by atoms with Crippen molar-refractivity contribution in [2.45, 2.75) is 13.0 Å². The minimum Gasteiger partial charge on any atom is -0.387 e. The molecule has 3 N–H and O–H groups in total. The van der Waals surface area contributed by atoms with Crippen LogP contribution in [0.3, 0.4) is 0 Å². The molecule has 0 saturated carbocycles. The molecule has 1 atom stereocenters. The van der Waals surface area contributed by atoms with Crippen molar-refractivity contribution in [1.29, 1.82) is 0 Å². The Kier molecular flexibility index (Phi) is 2.24. The fourth-order valence-electron chi connectivity index (χ4n) is 0.575. The summed E-state index contributed by atoms with van der Waals surface area (Å²) in [5.74, 6) is 0. The van der Waals surface area contributed by atoms with Crippen molar-refractivity contribution in [3.63, 3.8) is 0 Å². The highest BCUT2D eigenvalue weighted by Crippen LogP contribution is 2.04. The fourth-order valence-corrected chi connectivity index (χ4v) is 0.575. The van der Waals surface area contributed by atoms with E-state index in [1.54, 1.807) is 0 Å². The molecule has 66 valence electrons. The number of nitrogens with zero attached hydrogens (tertiary/aromatic N) is 3. The maximum absolute atomic E-state index is 10.2. The molecule has 0 fully saturated rings. The minimum absolute atomic E-state index is 0.302. The molecule has 0 aromatic carbocycles. The van der Waals surface area contributed by atoms with Crippen LogP contribution >= 0.6 is 0 Å². The van der Waals surface area contributed by atoms with Crippen LogP contribution in [0.15, 0.2) is 6.20 Å². The molecule has 0 bridgehead atoms. The average Bonchev–Trinajstić information content (AvgIpc) is 2.34. The van der Waals surface area contributed by atoms with Crippen molar-refractivity contribution in [2.75, 3.05) is 0 Å². The van der Waals surface area contributed by atoms with Crippen molar-refractivity contribution in [1.82, 2.24) is 15.2 Å². The van der Waals surface area contributed by atoms with E-state index in [1.165, 1.54) is 13.1 Å². The summed E-state index contributed by atoms with van der Waals surface area (Å²) in [4.78, 5) is 15.1. The van der Waals surface area contributed by atoms with E-state index >= 15 is 0 Å². The highest BCUT2D eigenvalue weighted by molar-refractivity contribution is 5.64. The molecule has 1 aromatic heterocycles. The third-order valence-corrected chi connectivity index (χ3v) is 1.09. The standard InChI is InChI=1S/C5H8N4O3/c1-3(10)4-2-7-9(8-4)12-5(6)11/h2-3,10H,1H3,(H2,6,11). The molecule has 1 aromatic rings. The van der Waals surface area contributed by atoms with Gasteiger partial charge in [0.2, 0.25) is 0 Å². The smallest absolute Gasteiger partial charge is 0.387 e. The second-order valence-electron chi connectivity index (χ2n) is 2.11. The monoisotopic (exact) mass is 172 g/mol. The molecule has 1 amide bonds. The number of carbonyl (C=O) groups is 1. The Balaban J connectivity index is 2.70. The topological polar surface area (TPSA) is 103 Å². The van der Waals surface area contributed by atoms with Crippen LogP contribution in [0.2, 0.25) is 0 Å². The van der Waals surface area contributed by atoms with Crippen LogP contribution < -0.4 is 10.6 Å². The first kappa shape index (κ1) is 8.47. The summed E-state index contributed by atoms with van der Waals surface area (Å²) in [5, 5.41) is 16.1. The van der Waals surface area contributed by atoms with Gasteiger partial charge in [0.1, 0.15) is 5.69 Å². The van der Waals surface area contributed by atoms with E-state index in [4.69, 9.17) is 5.11 Å². The first-order chi connectivity index (χ1) is 5.59. The Morgan fingerprint density at radius 3 is 3.00 bits per heavy atom. The predicted molar refractivity (Wildman–Crippen MR) is 36.8 cm³/mol. The zero-order valence-corrected chi connectivity index (χ0v) is 6.34. The molecule has 0 aliphatic rings. The quantitative estimate of drug-likeness (QED) is 0.585. The molecular formula is C5H8N4O3. The van der Waals surface area contributed by atoms with Gasteiger partial charge in [-0.1, -0.05) is 0 Å². The summed E-state index contributed by atoms with van der Waals surface area (Å²) < 4.78 is 0. The highest BCUT2D eigenvalue weighted by atomic mass is 16.7. The first-order valence-corrected chi connectivity index (χ1v) is 3.17. The molecule has 7 heteroatoms. The number of nitrogens with two attached hydrogens (primary N) is 1. The Labute approximate surface area is 67.7 Å². The molecule has 0 spiro atoms. The lowest BCUT2D eigenvalue weighted by Gasteiger charge is -1.96. The molecule has 0 saturated heterocycles. The average molecular weight is 172 g/mol. The Bertz CT molecular complexity index is 282. The van der Waals surface area contributed by atoms with Gasteiger partial charge in [0, 0.05) is 4.96 Å². The second-order valence-corrected chi connectivity index (χ2v) is 2.11. The van der Waals surface area contributed by atoms with E-state index in [0.717, 1.165) is 0 Å². The summed E-state index contributed by atoms with van der Waals surface area (Å²) in [7, 11) is 0. The summed E-state index contributed by atoms with van der Waals surface area (Å²) in [6, 6.07) is 0. The molecule has 0 aliphatic carbocycles. The molecule has 0 radical (unpaired) electrons. The number of primary amides is 1. The number of hydrogen-bond acceptors (Lipinski definition) is 5. The third kappa shape index (κ3) is 1.92. The van der Waals surface area contributed by atoms with Crippen molar-refractivity contribution in [3.05, 3.63) is 11.9 Å². The molecule has 1 heterocycles. The fraction of sp³-hybridized carbons (Fsp3) is 0.400. The molecule has 0 aliphatic heterocycles. The van der Waals surface area contributed by atoms with Gasteiger partial charge in [0.25, 0.3) is 0 Å². The summed E-state index contributed by atoms with van der Waals surface area (Å²) in [6.07, 6.45) is -0.494. The lowest BCUT2D eigenvalue weighted by molar-refractivity contribution is 0.100. The molecule has 12 heavy (non-hydrogen) atoms. The maximum Gasteiger partial charge on any atom is 0.432 e. The van der Waals surface area contributed by atoms with Crippen LogP contribution in [0.25, 0.3) is 0 Å². The van der Waals surface area contributed by atoms with Crippen molar-refractivity contribution in [3.8, 4) is 0 Å². The predicted octanol–water partition coefficient (Wildman–Crippen LogP) is -1.16. The van der Waals surface area contributed by atoms with Crippen LogP contribution in [0, 0.1) is 0 Å². The number of aromatic nitrogens is 3. The first-order valence-electron chi connectivity index (χ1n) is 3.17. The van der Waals surface area contributed by atoms with Gasteiger partial charge in [-0.3, -0.25) is 4.84 Å². The molecule has 7 nitrogen and oxygen atoms in total. The normalized spacial score (nSPS) is 12.5. The molecular weight excluding hydrogens is 164 g/mol. The number of aliphatic hydroxyl groups excluding tert-OH is 1. The van der Waals surface area contributed by atoms with Gasteiger partial charge in [-0.15, -0.1) is 10.2 Å². The highest BCUT2D eigenvalue weighted by Gasteiger charge is 2.07. The number of amides is 1. The van der Waals surface area contributed by atoms with Crippen LogP contribution in [-0.2, 0) is 0 Å². The summed E-state index contributed by atoms with van der Waals surface area (Å²) in [6.45, 7) is 1.51. The SMILES string of the molecule is CC(O)c1cnn(OC(N)=O)n1. The van der Waals surface area contributed by atoms with Crippen LogP contribution in [-0.4, -0.2) is 26.4 Å². The van der Waals surface area contributed by atoms with Gasteiger partial charge in [0.15, 0.2) is 0 Å². The van der Waals surface area contributed by atoms with Gasteiger partial charge in [-0.2, -0.15) is 0 Å². The van der Waals surface area contributed by atoms with Gasteiger partial charge in [-0.05, 0) is 6.92 Å². The van der Waals surface area contributed by atoms with E-state index in [2.05, 4.69) is 20.8 Å².